The van der Waals surface area contributed by atoms with Crippen molar-refractivity contribution < 1.29 is 13.2 Å². The van der Waals surface area contributed by atoms with Crippen LogP contribution in [0.3, 0.4) is 0 Å². The number of nitrogens with one attached hydrogen (secondary N) is 1. The van der Waals surface area contributed by atoms with Gasteiger partial charge in [0, 0.05) is 18.7 Å². The van der Waals surface area contributed by atoms with Gasteiger partial charge in [0.05, 0.1) is 18.0 Å². The van der Waals surface area contributed by atoms with Crippen molar-refractivity contribution >= 4 is 11.4 Å². The normalized spacial score (nSPS) is 10.2. The van der Waals surface area contributed by atoms with Gasteiger partial charge in [-0.25, -0.2) is 8.78 Å². The lowest BCUT2D eigenvalue weighted by molar-refractivity contribution is 0.481. The molecule has 1 aromatic carbocycles. The summed E-state index contributed by atoms with van der Waals surface area (Å²) in [5.74, 6) is -1.96. The molecular formula is C9H11F3N2. The number of hydrogen-bond acceptors (Lipinski definition) is 2. The third-order valence-corrected chi connectivity index (χ3v) is 1.72. The first kappa shape index (κ1) is 10.7. The van der Waals surface area contributed by atoms with Crippen molar-refractivity contribution in [3.63, 3.8) is 0 Å². The summed E-state index contributed by atoms with van der Waals surface area (Å²) in [6.45, 7) is -0.123. The smallest absolute Gasteiger partial charge is 0.161 e. The molecule has 0 unspecified atom stereocenters. The van der Waals surface area contributed by atoms with Gasteiger partial charge in [0.1, 0.15) is 0 Å². The first-order chi connectivity index (χ1) is 6.65. The zero-order valence-corrected chi connectivity index (χ0v) is 7.49. The van der Waals surface area contributed by atoms with E-state index in [1.165, 1.54) is 0 Å². The number of halogens is 3. The van der Waals surface area contributed by atoms with Gasteiger partial charge < -0.3 is 11.1 Å². The summed E-state index contributed by atoms with van der Waals surface area (Å²) in [5, 5.41) is 2.71. The summed E-state index contributed by atoms with van der Waals surface area (Å²) in [5.41, 5.74) is 5.81. The van der Waals surface area contributed by atoms with Crippen LogP contribution in [0.5, 0.6) is 0 Å². The van der Waals surface area contributed by atoms with Crippen LogP contribution < -0.4 is 11.1 Å². The molecule has 0 atom stereocenters. The quantitative estimate of drug-likeness (QED) is 0.583. The number of benzene rings is 1. The predicted molar refractivity (Wildman–Crippen MR) is 49.9 cm³/mol. The van der Waals surface area contributed by atoms with Crippen LogP contribution in [-0.2, 0) is 0 Å². The Kier molecular flexibility index (Phi) is 3.62. The molecule has 0 fully saturated rings. The van der Waals surface area contributed by atoms with Crippen LogP contribution in [0.4, 0.5) is 24.5 Å². The highest BCUT2D eigenvalue weighted by Crippen LogP contribution is 2.21. The molecule has 0 aromatic heterocycles. The van der Waals surface area contributed by atoms with E-state index in [1.807, 2.05) is 0 Å². The highest BCUT2D eigenvalue weighted by atomic mass is 19.2. The molecule has 0 aliphatic rings. The van der Waals surface area contributed by atoms with E-state index in [1.54, 1.807) is 0 Å². The molecule has 0 spiro atoms. The standard InChI is InChI=1S/C9H11F3N2/c10-2-1-3-14-9-5-7(12)6(11)4-8(9)13/h4-5,14H,1-3,13H2. The molecule has 1 rings (SSSR count). The summed E-state index contributed by atoms with van der Waals surface area (Å²) >= 11 is 0. The largest absolute Gasteiger partial charge is 0.397 e. The molecule has 0 aliphatic carbocycles. The number of hydrogen-bond donors (Lipinski definition) is 2. The maximum absolute atomic E-state index is 12.7. The third kappa shape index (κ3) is 2.55. The first-order valence-electron chi connectivity index (χ1n) is 4.19. The van der Waals surface area contributed by atoms with Crippen LogP contribution >= 0.6 is 0 Å². The Hall–Kier alpha value is -1.39. The van der Waals surface area contributed by atoms with Crippen molar-refractivity contribution in [1.29, 1.82) is 0 Å². The van der Waals surface area contributed by atoms with Gasteiger partial charge in [-0.1, -0.05) is 0 Å². The molecule has 1 aromatic rings. The van der Waals surface area contributed by atoms with Crippen molar-refractivity contribution in [2.45, 2.75) is 6.42 Å². The van der Waals surface area contributed by atoms with Gasteiger partial charge in [-0.05, 0) is 6.42 Å². The van der Waals surface area contributed by atoms with E-state index in [0.29, 0.717) is 13.0 Å². The minimum Gasteiger partial charge on any atom is -0.397 e. The second-order valence-corrected chi connectivity index (χ2v) is 2.82. The summed E-state index contributed by atoms with van der Waals surface area (Å²) in [7, 11) is 0. The predicted octanol–water partition coefficient (Wildman–Crippen LogP) is 2.32. The van der Waals surface area contributed by atoms with E-state index in [9.17, 15) is 13.2 Å². The third-order valence-electron chi connectivity index (χ3n) is 1.72. The monoisotopic (exact) mass is 204 g/mol. The second-order valence-electron chi connectivity index (χ2n) is 2.82. The molecule has 0 heterocycles. The molecule has 0 amide bonds. The molecular weight excluding hydrogens is 193 g/mol. The molecule has 2 nitrogen and oxygen atoms in total. The highest BCUT2D eigenvalue weighted by Gasteiger charge is 2.06. The van der Waals surface area contributed by atoms with E-state index < -0.39 is 18.3 Å². The van der Waals surface area contributed by atoms with Gasteiger partial charge in [0.25, 0.3) is 0 Å². The van der Waals surface area contributed by atoms with Crippen LogP contribution in [-0.4, -0.2) is 13.2 Å². The summed E-state index contributed by atoms with van der Waals surface area (Å²) in [6, 6.07) is 1.86. The average Bonchev–Trinajstić information content (AvgIpc) is 2.14. The lowest BCUT2D eigenvalue weighted by Crippen LogP contribution is -2.06. The second kappa shape index (κ2) is 4.74. The summed E-state index contributed by atoms with van der Waals surface area (Å²) < 4.78 is 37.1. The fourth-order valence-corrected chi connectivity index (χ4v) is 1.01. The first-order valence-corrected chi connectivity index (χ1v) is 4.19. The molecule has 5 heteroatoms. The molecule has 0 saturated carbocycles. The number of nitrogen functional groups attached to an aromatic ring is 1. The highest BCUT2D eigenvalue weighted by molar-refractivity contribution is 5.66. The fraction of sp³-hybridized carbons (Fsp3) is 0.333. The Balaban J connectivity index is 2.72. The van der Waals surface area contributed by atoms with E-state index in [0.717, 1.165) is 12.1 Å². The number of rotatable bonds is 4. The van der Waals surface area contributed by atoms with E-state index in [4.69, 9.17) is 5.73 Å². The zero-order chi connectivity index (χ0) is 10.6. The van der Waals surface area contributed by atoms with E-state index >= 15 is 0 Å². The van der Waals surface area contributed by atoms with Crippen molar-refractivity contribution in [3.05, 3.63) is 23.8 Å². The molecule has 0 bridgehead atoms. The van der Waals surface area contributed by atoms with Crippen LogP contribution in [0.25, 0.3) is 0 Å². The Morgan fingerprint density at radius 1 is 1.21 bits per heavy atom. The van der Waals surface area contributed by atoms with E-state index in [2.05, 4.69) is 5.32 Å². The molecule has 0 radical (unpaired) electrons. The molecule has 78 valence electrons. The lowest BCUT2D eigenvalue weighted by Gasteiger charge is -2.08. The zero-order valence-electron chi connectivity index (χ0n) is 7.49. The Bertz CT molecular complexity index is 315. The molecule has 0 saturated heterocycles. The Morgan fingerprint density at radius 2 is 1.86 bits per heavy atom. The summed E-state index contributed by atoms with van der Waals surface area (Å²) in [4.78, 5) is 0. The van der Waals surface area contributed by atoms with Crippen LogP contribution in [0.1, 0.15) is 6.42 Å². The van der Waals surface area contributed by atoms with Crippen LogP contribution in [0, 0.1) is 11.6 Å². The fourth-order valence-electron chi connectivity index (χ4n) is 1.01. The van der Waals surface area contributed by atoms with Gasteiger partial charge in [-0.15, -0.1) is 0 Å². The Labute approximate surface area is 79.9 Å². The topological polar surface area (TPSA) is 38.0 Å². The van der Waals surface area contributed by atoms with Gasteiger partial charge in [0.2, 0.25) is 0 Å². The van der Waals surface area contributed by atoms with Gasteiger partial charge >= 0.3 is 0 Å². The van der Waals surface area contributed by atoms with Crippen molar-refractivity contribution in [2.24, 2.45) is 0 Å². The number of alkyl halides is 1. The minimum absolute atomic E-state index is 0.114. The number of nitrogens with two attached hydrogens (primary N) is 1. The average molecular weight is 204 g/mol. The maximum Gasteiger partial charge on any atom is 0.161 e. The lowest BCUT2D eigenvalue weighted by atomic mass is 10.2. The molecule has 0 aliphatic heterocycles. The van der Waals surface area contributed by atoms with Gasteiger partial charge in [0.15, 0.2) is 11.6 Å². The van der Waals surface area contributed by atoms with E-state index in [-0.39, 0.29) is 11.4 Å². The maximum atomic E-state index is 12.7. The SMILES string of the molecule is Nc1cc(F)c(F)cc1NCCCF. The van der Waals surface area contributed by atoms with Gasteiger partial charge in [-0.3, -0.25) is 4.39 Å². The van der Waals surface area contributed by atoms with Crippen LogP contribution in [0.15, 0.2) is 12.1 Å². The van der Waals surface area contributed by atoms with Crippen LogP contribution in [0.2, 0.25) is 0 Å². The molecule has 3 N–H and O–H groups in total. The Morgan fingerprint density at radius 3 is 2.50 bits per heavy atom. The van der Waals surface area contributed by atoms with Gasteiger partial charge in [-0.2, -0.15) is 0 Å². The minimum atomic E-state index is -0.987. The van der Waals surface area contributed by atoms with Crippen molar-refractivity contribution in [3.8, 4) is 0 Å². The number of anilines is 2. The van der Waals surface area contributed by atoms with Crippen molar-refractivity contribution in [2.75, 3.05) is 24.3 Å². The summed E-state index contributed by atoms with van der Waals surface area (Å²) in [6.07, 6.45) is 0.304. The molecule has 14 heavy (non-hydrogen) atoms. The van der Waals surface area contributed by atoms with Crippen molar-refractivity contribution in [1.82, 2.24) is 0 Å².